The minimum absolute atomic E-state index is 0.281. The third-order valence-corrected chi connectivity index (χ3v) is 3.05. The molecule has 92 valence electrons. The molecular weight excluding hydrogens is 282 g/mol. The van der Waals surface area contributed by atoms with E-state index in [4.69, 9.17) is 5.11 Å². The van der Waals surface area contributed by atoms with Gasteiger partial charge in [0, 0.05) is 23.2 Å². The summed E-state index contributed by atoms with van der Waals surface area (Å²) in [5, 5.41) is 8.94. The molecule has 3 nitrogen and oxygen atoms in total. The third-order valence-electron chi connectivity index (χ3n) is 2.39. The third kappa shape index (κ3) is 3.60. The van der Waals surface area contributed by atoms with Gasteiger partial charge in [-0.25, -0.2) is 4.79 Å². The van der Waals surface area contributed by atoms with E-state index in [0.29, 0.717) is 4.47 Å². The van der Waals surface area contributed by atoms with Crippen LogP contribution in [-0.2, 0) is 0 Å². The number of hydrogen-bond donors (Lipinski definition) is 1. The van der Waals surface area contributed by atoms with Gasteiger partial charge in [0.2, 0.25) is 0 Å². The van der Waals surface area contributed by atoms with Crippen molar-refractivity contribution in [3.05, 3.63) is 40.9 Å². The van der Waals surface area contributed by atoms with Gasteiger partial charge in [-0.2, -0.15) is 0 Å². The summed E-state index contributed by atoms with van der Waals surface area (Å²) < 4.78 is 0.604. The molecule has 0 radical (unpaired) electrons. The Labute approximate surface area is 110 Å². The lowest BCUT2D eigenvalue weighted by molar-refractivity contribution is 0.0696. The first-order chi connectivity index (χ1) is 8.10. The quantitative estimate of drug-likeness (QED) is 0.816. The van der Waals surface area contributed by atoms with E-state index in [1.165, 1.54) is 0 Å². The first kappa shape index (κ1) is 13.8. The molecule has 0 atom stereocenters. The molecule has 1 aromatic carbocycles. The van der Waals surface area contributed by atoms with Crippen molar-refractivity contribution in [2.24, 2.45) is 0 Å². The molecule has 0 aliphatic heterocycles. The molecule has 0 amide bonds. The fourth-order valence-electron chi connectivity index (χ4n) is 1.63. The number of carboxylic acid groups (broad SMARTS) is 1. The predicted octanol–water partition coefficient (Wildman–Crippen LogP) is 3.55. The van der Waals surface area contributed by atoms with E-state index in [2.05, 4.69) is 34.3 Å². The van der Waals surface area contributed by atoms with Gasteiger partial charge < -0.3 is 10.0 Å². The Kier molecular flexibility index (Phi) is 5.22. The highest BCUT2D eigenvalue weighted by Crippen LogP contribution is 2.24. The second-order valence-electron chi connectivity index (χ2n) is 3.70. The van der Waals surface area contributed by atoms with Crippen molar-refractivity contribution in [2.75, 3.05) is 18.0 Å². The van der Waals surface area contributed by atoms with E-state index >= 15 is 0 Å². The Morgan fingerprint density at radius 1 is 1.59 bits per heavy atom. The zero-order valence-electron chi connectivity index (χ0n) is 9.82. The van der Waals surface area contributed by atoms with Crippen LogP contribution in [0.25, 0.3) is 0 Å². The summed E-state index contributed by atoms with van der Waals surface area (Å²) >= 11 is 3.28. The summed E-state index contributed by atoms with van der Waals surface area (Å²) in [6, 6.07) is 5.28. The molecular formula is C13H16BrNO2. The van der Waals surface area contributed by atoms with Gasteiger partial charge in [-0.1, -0.05) is 13.0 Å². The lowest BCUT2D eigenvalue weighted by Gasteiger charge is -2.23. The van der Waals surface area contributed by atoms with Gasteiger partial charge in [0.15, 0.2) is 0 Å². The van der Waals surface area contributed by atoms with Gasteiger partial charge in [-0.05, 0) is 40.5 Å². The van der Waals surface area contributed by atoms with Gasteiger partial charge in [0.05, 0.1) is 5.56 Å². The Bertz CT molecular complexity index is 418. The van der Waals surface area contributed by atoms with Crippen LogP contribution < -0.4 is 4.90 Å². The number of rotatable bonds is 6. The largest absolute Gasteiger partial charge is 0.478 e. The van der Waals surface area contributed by atoms with Crippen molar-refractivity contribution in [1.82, 2.24) is 0 Å². The zero-order chi connectivity index (χ0) is 12.8. The van der Waals surface area contributed by atoms with Crippen molar-refractivity contribution in [1.29, 1.82) is 0 Å². The zero-order valence-corrected chi connectivity index (χ0v) is 11.4. The number of anilines is 1. The Morgan fingerprint density at radius 2 is 2.29 bits per heavy atom. The smallest absolute Gasteiger partial charge is 0.336 e. The van der Waals surface area contributed by atoms with Crippen molar-refractivity contribution < 1.29 is 9.90 Å². The van der Waals surface area contributed by atoms with Gasteiger partial charge in [0.1, 0.15) is 0 Å². The van der Waals surface area contributed by atoms with Gasteiger partial charge in [0.25, 0.3) is 0 Å². The second kappa shape index (κ2) is 6.45. The van der Waals surface area contributed by atoms with Crippen molar-refractivity contribution in [3.63, 3.8) is 0 Å². The molecule has 1 aromatic rings. The van der Waals surface area contributed by atoms with E-state index in [1.54, 1.807) is 6.07 Å². The van der Waals surface area contributed by atoms with Crippen LogP contribution in [0.3, 0.4) is 0 Å². The summed E-state index contributed by atoms with van der Waals surface area (Å²) in [4.78, 5) is 13.1. The van der Waals surface area contributed by atoms with Crippen molar-refractivity contribution in [3.8, 4) is 0 Å². The highest BCUT2D eigenvalue weighted by molar-refractivity contribution is 9.10. The highest BCUT2D eigenvalue weighted by Gasteiger charge is 2.11. The maximum absolute atomic E-state index is 10.9. The Hall–Kier alpha value is -1.29. The minimum Gasteiger partial charge on any atom is -0.478 e. The number of carbonyl (C=O) groups is 1. The van der Waals surface area contributed by atoms with E-state index in [1.807, 2.05) is 18.2 Å². The minimum atomic E-state index is -0.922. The number of carboxylic acids is 1. The number of nitrogens with zero attached hydrogens (tertiary/aromatic N) is 1. The van der Waals surface area contributed by atoms with Crippen LogP contribution in [0.5, 0.6) is 0 Å². The molecule has 0 spiro atoms. The predicted molar refractivity (Wildman–Crippen MR) is 73.8 cm³/mol. The first-order valence-electron chi connectivity index (χ1n) is 5.48. The average Bonchev–Trinajstić information content (AvgIpc) is 2.28. The van der Waals surface area contributed by atoms with E-state index < -0.39 is 5.97 Å². The molecule has 0 fully saturated rings. The van der Waals surface area contributed by atoms with Gasteiger partial charge in [-0.15, -0.1) is 6.58 Å². The maximum atomic E-state index is 10.9. The average molecular weight is 298 g/mol. The van der Waals surface area contributed by atoms with Gasteiger partial charge in [-0.3, -0.25) is 0 Å². The standard InChI is InChI=1S/C13H16BrNO2/c1-3-7-15(8-4-2)10-5-6-11(13(16)17)12(14)9-10/h3,5-6,9H,1,4,7-8H2,2H3,(H,16,17). The van der Waals surface area contributed by atoms with Crippen molar-refractivity contribution in [2.45, 2.75) is 13.3 Å². The summed E-state index contributed by atoms with van der Waals surface area (Å²) in [6.45, 7) is 7.51. The Balaban J connectivity index is 3.01. The van der Waals surface area contributed by atoms with Crippen LogP contribution in [0.15, 0.2) is 35.3 Å². The molecule has 1 rings (SSSR count). The number of benzene rings is 1. The molecule has 0 aliphatic carbocycles. The van der Waals surface area contributed by atoms with Crippen LogP contribution in [-0.4, -0.2) is 24.2 Å². The van der Waals surface area contributed by atoms with Crippen molar-refractivity contribution >= 4 is 27.6 Å². The molecule has 0 aromatic heterocycles. The van der Waals surface area contributed by atoms with Crippen LogP contribution in [0.4, 0.5) is 5.69 Å². The first-order valence-corrected chi connectivity index (χ1v) is 6.28. The lowest BCUT2D eigenvalue weighted by Crippen LogP contribution is -2.24. The normalized spacial score (nSPS) is 10.0. The molecule has 4 heteroatoms. The van der Waals surface area contributed by atoms with Crippen LogP contribution in [0.2, 0.25) is 0 Å². The van der Waals surface area contributed by atoms with Crippen LogP contribution in [0.1, 0.15) is 23.7 Å². The van der Waals surface area contributed by atoms with Crippen LogP contribution >= 0.6 is 15.9 Å². The van der Waals surface area contributed by atoms with E-state index in [-0.39, 0.29) is 5.56 Å². The molecule has 1 N–H and O–H groups in total. The molecule has 0 unspecified atom stereocenters. The molecule has 0 heterocycles. The lowest BCUT2D eigenvalue weighted by atomic mass is 10.2. The maximum Gasteiger partial charge on any atom is 0.336 e. The molecule has 0 saturated heterocycles. The fraction of sp³-hybridized carbons (Fsp3) is 0.308. The fourth-order valence-corrected chi connectivity index (χ4v) is 2.16. The summed E-state index contributed by atoms with van der Waals surface area (Å²) in [6.07, 6.45) is 2.88. The molecule has 0 bridgehead atoms. The van der Waals surface area contributed by atoms with E-state index in [9.17, 15) is 4.79 Å². The van der Waals surface area contributed by atoms with Crippen LogP contribution in [0, 0.1) is 0 Å². The topological polar surface area (TPSA) is 40.5 Å². The summed E-state index contributed by atoms with van der Waals surface area (Å²) in [7, 11) is 0. The second-order valence-corrected chi connectivity index (χ2v) is 4.56. The monoisotopic (exact) mass is 297 g/mol. The number of halogens is 1. The number of hydrogen-bond acceptors (Lipinski definition) is 2. The molecule has 0 saturated carbocycles. The SMILES string of the molecule is C=CCN(CCC)c1ccc(C(=O)O)c(Br)c1. The highest BCUT2D eigenvalue weighted by atomic mass is 79.9. The molecule has 0 aliphatic rings. The van der Waals surface area contributed by atoms with E-state index in [0.717, 1.165) is 25.2 Å². The summed E-state index contributed by atoms with van der Waals surface area (Å²) in [5.41, 5.74) is 1.28. The molecule has 17 heavy (non-hydrogen) atoms. The number of aromatic carboxylic acids is 1. The Morgan fingerprint density at radius 3 is 2.76 bits per heavy atom. The van der Waals surface area contributed by atoms with Gasteiger partial charge >= 0.3 is 5.97 Å². The summed E-state index contributed by atoms with van der Waals surface area (Å²) in [5.74, 6) is -0.922.